The van der Waals surface area contributed by atoms with Crippen LogP contribution < -0.4 is 0 Å². The molecule has 21 heavy (non-hydrogen) atoms. The third-order valence-electron chi connectivity index (χ3n) is 4.11. The van der Waals surface area contributed by atoms with Gasteiger partial charge in [0.05, 0.1) is 0 Å². The third-order valence-corrected chi connectivity index (χ3v) is 5.40. The quantitative estimate of drug-likeness (QED) is 0.798. The van der Waals surface area contributed by atoms with E-state index in [0.717, 1.165) is 37.8 Å². The standard InChI is InChI=1S/C17H18F2OS/c1-10-7-14(19)12(9-13(10)18)17(20)16-8-11-5-3-2-4-6-15(11)21-16/h7-9,17,20H,2-6H2,1H3. The average Bonchev–Trinajstić information content (AvgIpc) is 2.73. The minimum atomic E-state index is -1.09. The lowest BCUT2D eigenvalue weighted by molar-refractivity contribution is 0.218. The summed E-state index contributed by atoms with van der Waals surface area (Å²) in [6.07, 6.45) is 4.51. The molecule has 1 aromatic heterocycles. The van der Waals surface area contributed by atoms with Gasteiger partial charge in [-0.3, -0.25) is 0 Å². The second-order valence-corrected chi connectivity index (χ2v) is 6.85. The maximum absolute atomic E-state index is 14.0. The number of hydrogen-bond donors (Lipinski definition) is 1. The number of hydrogen-bond acceptors (Lipinski definition) is 2. The minimum absolute atomic E-state index is 0.0227. The molecule has 1 atom stereocenters. The van der Waals surface area contributed by atoms with Crippen LogP contribution in [0.2, 0.25) is 0 Å². The monoisotopic (exact) mass is 308 g/mol. The number of aliphatic hydroxyl groups is 1. The molecule has 1 aliphatic rings. The molecule has 0 saturated carbocycles. The van der Waals surface area contributed by atoms with Gasteiger partial charge in [0.15, 0.2) is 0 Å². The number of thiophene rings is 1. The van der Waals surface area contributed by atoms with Gasteiger partial charge in [-0.15, -0.1) is 11.3 Å². The third kappa shape index (κ3) is 2.87. The predicted molar refractivity (Wildman–Crippen MR) is 80.7 cm³/mol. The molecule has 1 nitrogen and oxygen atoms in total. The molecule has 1 unspecified atom stereocenters. The molecule has 0 amide bonds. The van der Waals surface area contributed by atoms with Crippen LogP contribution in [0.4, 0.5) is 8.78 Å². The summed E-state index contributed by atoms with van der Waals surface area (Å²) < 4.78 is 27.6. The van der Waals surface area contributed by atoms with Crippen molar-refractivity contribution in [1.29, 1.82) is 0 Å². The van der Waals surface area contributed by atoms with Crippen molar-refractivity contribution >= 4 is 11.3 Å². The molecule has 0 aliphatic heterocycles. The van der Waals surface area contributed by atoms with Crippen molar-refractivity contribution < 1.29 is 13.9 Å². The normalized spacial score (nSPS) is 16.4. The highest BCUT2D eigenvalue weighted by Gasteiger charge is 2.21. The first-order valence-electron chi connectivity index (χ1n) is 7.31. The second kappa shape index (κ2) is 5.85. The number of rotatable bonds is 2. The average molecular weight is 308 g/mol. The topological polar surface area (TPSA) is 20.2 Å². The van der Waals surface area contributed by atoms with Crippen LogP contribution in [-0.2, 0) is 12.8 Å². The van der Waals surface area contributed by atoms with Crippen molar-refractivity contribution in [3.05, 3.63) is 56.3 Å². The van der Waals surface area contributed by atoms with E-state index >= 15 is 0 Å². The molecule has 0 spiro atoms. The molecule has 112 valence electrons. The largest absolute Gasteiger partial charge is 0.383 e. The van der Waals surface area contributed by atoms with E-state index in [0.29, 0.717) is 4.88 Å². The Morgan fingerprint density at radius 1 is 1.05 bits per heavy atom. The van der Waals surface area contributed by atoms with Crippen LogP contribution in [0.5, 0.6) is 0 Å². The van der Waals surface area contributed by atoms with Crippen LogP contribution in [-0.4, -0.2) is 5.11 Å². The van der Waals surface area contributed by atoms with Crippen LogP contribution in [0, 0.1) is 18.6 Å². The van der Waals surface area contributed by atoms with Gasteiger partial charge in [0, 0.05) is 15.3 Å². The van der Waals surface area contributed by atoms with Crippen LogP contribution in [0.1, 0.15) is 51.8 Å². The molecule has 0 fully saturated rings. The van der Waals surface area contributed by atoms with Crippen molar-refractivity contribution in [3.63, 3.8) is 0 Å². The zero-order valence-corrected chi connectivity index (χ0v) is 12.8. The van der Waals surface area contributed by atoms with Crippen LogP contribution in [0.15, 0.2) is 18.2 Å². The Bertz CT molecular complexity index is 640. The van der Waals surface area contributed by atoms with Crippen molar-refractivity contribution in [2.75, 3.05) is 0 Å². The molecule has 0 bridgehead atoms. The number of aryl methyl sites for hydroxylation is 3. The first-order chi connectivity index (χ1) is 10.1. The Labute approximate surface area is 127 Å². The lowest BCUT2D eigenvalue weighted by atomic mass is 10.0. The highest BCUT2D eigenvalue weighted by molar-refractivity contribution is 7.12. The van der Waals surface area contributed by atoms with Crippen LogP contribution in [0.3, 0.4) is 0 Å². The number of fused-ring (bicyclic) bond motifs is 1. The summed E-state index contributed by atoms with van der Waals surface area (Å²) in [6.45, 7) is 1.52. The van der Waals surface area contributed by atoms with Gasteiger partial charge in [-0.2, -0.15) is 0 Å². The summed E-state index contributed by atoms with van der Waals surface area (Å²) in [7, 11) is 0. The van der Waals surface area contributed by atoms with E-state index in [1.807, 2.05) is 6.07 Å². The Hall–Kier alpha value is -1.26. The highest BCUT2D eigenvalue weighted by Crippen LogP contribution is 2.35. The van der Waals surface area contributed by atoms with Crippen molar-refractivity contribution in [3.8, 4) is 0 Å². The van der Waals surface area contributed by atoms with Crippen molar-refractivity contribution in [2.24, 2.45) is 0 Å². The van der Waals surface area contributed by atoms with Crippen molar-refractivity contribution in [2.45, 2.75) is 45.1 Å². The number of benzene rings is 1. The molecular formula is C17H18F2OS. The van der Waals surface area contributed by atoms with E-state index < -0.39 is 17.7 Å². The molecule has 0 radical (unpaired) electrons. The maximum Gasteiger partial charge on any atom is 0.129 e. The molecule has 4 heteroatoms. The van der Waals surface area contributed by atoms with Gasteiger partial charge in [-0.05, 0) is 61.9 Å². The summed E-state index contributed by atoms with van der Waals surface area (Å²) in [6, 6.07) is 4.22. The zero-order valence-electron chi connectivity index (χ0n) is 12.0. The predicted octanol–water partition coefficient (Wildman–Crippen LogP) is 4.69. The van der Waals surface area contributed by atoms with E-state index in [-0.39, 0.29) is 11.1 Å². The van der Waals surface area contributed by atoms with Gasteiger partial charge >= 0.3 is 0 Å². The molecule has 3 rings (SSSR count). The smallest absolute Gasteiger partial charge is 0.129 e. The maximum atomic E-state index is 14.0. The Morgan fingerprint density at radius 2 is 1.81 bits per heavy atom. The van der Waals surface area contributed by atoms with Gasteiger partial charge in [-0.25, -0.2) is 8.78 Å². The van der Waals surface area contributed by atoms with Gasteiger partial charge < -0.3 is 5.11 Å². The van der Waals surface area contributed by atoms with E-state index in [4.69, 9.17) is 0 Å². The van der Waals surface area contributed by atoms with Gasteiger partial charge in [0.2, 0.25) is 0 Å². The first kappa shape index (κ1) is 14.7. The van der Waals surface area contributed by atoms with E-state index in [2.05, 4.69) is 0 Å². The Morgan fingerprint density at radius 3 is 2.62 bits per heavy atom. The lowest BCUT2D eigenvalue weighted by Crippen LogP contribution is -2.02. The molecular weight excluding hydrogens is 290 g/mol. The van der Waals surface area contributed by atoms with E-state index in [1.54, 1.807) is 0 Å². The second-order valence-electron chi connectivity index (χ2n) is 5.68. The van der Waals surface area contributed by atoms with E-state index in [1.165, 1.54) is 35.1 Å². The lowest BCUT2D eigenvalue weighted by Gasteiger charge is -2.11. The van der Waals surface area contributed by atoms with Gasteiger partial charge in [0.1, 0.15) is 17.7 Å². The van der Waals surface area contributed by atoms with Crippen molar-refractivity contribution in [1.82, 2.24) is 0 Å². The zero-order chi connectivity index (χ0) is 15.0. The molecule has 1 aliphatic carbocycles. The summed E-state index contributed by atoms with van der Waals surface area (Å²) in [5, 5.41) is 10.4. The molecule has 1 heterocycles. The summed E-state index contributed by atoms with van der Waals surface area (Å²) in [5.41, 5.74) is 1.54. The fraction of sp³-hybridized carbons (Fsp3) is 0.412. The summed E-state index contributed by atoms with van der Waals surface area (Å²) in [5.74, 6) is -1.03. The van der Waals surface area contributed by atoms with Gasteiger partial charge in [0.25, 0.3) is 0 Å². The molecule has 1 aromatic carbocycles. The van der Waals surface area contributed by atoms with Crippen LogP contribution >= 0.6 is 11.3 Å². The molecule has 0 saturated heterocycles. The molecule has 2 aromatic rings. The summed E-state index contributed by atoms with van der Waals surface area (Å²) >= 11 is 1.53. The highest BCUT2D eigenvalue weighted by atomic mass is 32.1. The fourth-order valence-corrected chi connectivity index (χ4v) is 4.11. The van der Waals surface area contributed by atoms with E-state index in [9.17, 15) is 13.9 Å². The SMILES string of the molecule is Cc1cc(F)c(C(O)c2cc3c(s2)CCCCC3)cc1F. The summed E-state index contributed by atoms with van der Waals surface area (Å²) in [4.78, 5) is 2.00. The molecule has 1 N–H and O–H groups in total. The fourth-order valence-electron chi connectivity index (χ4n) is 2.85. The van der Waals surface area contributed by atoms with Gasteiger partial charge in [-0.1, -0.05) is 6.42 Å². The Kier molecular flexibility index (Phi) is 4.09. The number of halogens is 2. The van der Waals surface area contributed by atoms with Crippen LogP contribution in [0.25, 0.3) is 0 Å². The number of aliphatic hydroxyl groups excluding tert-OH is 1. The first-order valence-corrected chi connectivity index (χ1v) is 8.13. The Balaban J connectivity index is 1.95. The minimum Gasteiger partial charge on any atom is -0.383 e.